The smallest absolute Gasteiger partial charge is 0.0632 e. The van der Waals surface area contributed by atoms with Crippen molar-refractivity contribution in [3.63, 3.8) is 0 Å². The van der Waals surface area contributed by atoms with E-state index in [0.717, 1.165) is 11.1 Å². The van der Waals surface area contributed by atoms with Crippen LogP contribution in [0.1, 0.15) is 6.92 Å². The lowest BCUT2D eigenvalue weighted by Crippen LogP contribution is -2.13. The van der Waals surface area contributed by atoms with Crippen LogP contribution in [0.2, 0.25) is 0 Å². The first-order chi connectivity index (χ1) is 7.35. The lowest BCUT2D eigenvalue weighted by atomic mass is 10.1. The second-order valence-electron chi connectivity index (χ2n) is 3.33. The van der Waals surface area contributed by atoms with Crippen LogP contribution in [0.3, 0.4) is 0 Å². The molecule has 2 aromatic carbocycles. The van der Waals surface area contributed by atoms with Crippen LogP contribution in [-0.4, -0.2) is 6.54 Å². The zero-order valence-corrected chi connectivity index (χ0v) is 8.55. The van der Waals surface area contributed by atoms with E-state index < -0.39 is 0 Å². The van der Waals surface area contributed by atoms with E-state index in [4.69, 9.17) is 0 Å². The fourth-order valence-electron chi connectivity index (χ4n) is 1.62. The first-order valence-corrected chi connectivity index (χ1v) is 4.94. The molecule has 76 valence electrons. The Morgan fingerprint density at radius 2 is 1.87 bits per heavy atom. The Hall–Kier alpha value is -1.90. The standard InChI is InChI=1S/C12H12N2O/c1-2-14(13-15)12-8-7-10-5-3-4-6-11(10)9-12/h3-9H,2H2,1H3. The van der Waals surface area contributed by atoms with Gasteiger partial charge in [0.05, 0.1) is 11.0 Å². The number of nitroso groups, excluding NO2 is 1. The van der Waals surface area contributed by atoms with Gasteiger partial charge in [0.25, 0.3) is 0 Å². The number of rotatable bonds is 3. The summed E-state index contributed by atoms with van der Waals surface area (Å²) in [7, 11) is 0. The van der Waals surface area contributed by atoms with Gasteiger partial charge in [-0.3, -0.25) is 0 Å². The van der Waals surface area contributed by atoms with Crippen molar-refractivity contribution in [1.29, 1.82) is 0 Å². The fourth-order valence-corrected chi connectivity index (χ4v) is 1.62. The van der Waals surface area contributed by atoms with Crippen molar-refractivity contribution in [2.45, 2.75) is 6.92 Å². The van der Waals surface area contributed by atoms with Crippen molar-refractivity contribution in [3.8, 4) is 0 Å². The molecule has 0 aliphatic carbocycles. The van der Waals surface area contributed by atoms with Gasteiger partial charge in [0, 0.05) is 6.54 Å². The molecule has 0 N–H and O–H groups in total. The van der Waals surface area contributed by atoms with E-state index in [1.165, 1.54) is 10.4 Å². The van der Waals surface area contributed by atoms with Crippen LogP contribution in [0.5, 0.6) is 0 Å². The third-order valence-corrected chi connectivity index (χ3v) is 2.43. The van der Waals surface area contributed by atoms with Crippen LogP contribution in [0.25, 0.3) is 10.8 Å². The Morgan fingerprint density at radius 1 is 1.13 bits per heavy atom. The molecule has 0 unspecified atom stereocenters. The van der Waals surface area contributed by atoms with E-state index in [1.807, 2.05) is 49.4 Å². The first-order valence-electron chi connectivity index (χ1n) is 4.94. The lowest BCUT2D eigenvalue weighted by molar-refractivity contribution is 0.886. The maximum Gasteiger partial charge on any atom is 0.0632 e. The van der Waals surface area contributed by atoms with Crippen LogP contribution >= 0.6 is 0 Å². The summed E-state index contributed by atoms with van der Waals surface area (Å²) in [6, 6.07) is 13.9. The highest BCUT2D eigenvalue weighted by Gasteiger charge is 2.03. The SMILES string of the molecule is CCN(N=O)c1ccc2ccccc2c1. The molecule has 0 fully saturated rings. The van der Waals surface area contributed by atoms with Gasteiger partial charge in [-0.2, -0.15) is 0 Å². The normalized spacial score (nSPS) is 10.2. The maximum atomic E-state index is 10.5. The summed E-state index contributed by atoms with van der Waals surface area (Å²) in [6.45, 7) is 2.48. The summed E-state index contributed by atoms with van der Waals surface area (Å²) >= 11 is 0. The van der Waals surface area contributed by atoms with Gasteiger partial charge in [0.15, 0.2) is 0 Å². The quantitative estimate of drug-likeness (QED) is 0.562. The molecule has 0 saturated heterocycles. The van der Waals surface area contributed by atoms with E-state index >= 15 is 0 Å². The Morgan fingerprint density at radius 3 is 2.53 bits per heavy atom. The maximum absolute atomic E-state index is 10.5. The molecule has 0 atom stereocenters. The highest BCUT2D eigenvalue weighted by molar-refractivity contribution is 5.85. The Labute approximate surface area is 88.3 Å². The molecule has 0 amide bonds. The van der Waals surface area contributed by atoms with Gasteiger partial charge in [-0.05, 0) is 29.8 Å². The predicted molar refractivity (Wildman–Crippen MR) is 62.8 cm³/mol. The van der Waals surface area contributed by atoms with Gasteiger partial charge in [0.1, 0.15) is 0 Å². The fraction of sp³-hybridized carbons (Fsp3) is 0.167. The largest absolute Gasteiger partial charge is 0.230 e. The topological polar surface area (TPSA) is 32.7 Å². The average Bonchev–Trinajstić information content (AvgIpc) is 2.30. The molecule has 3 nitrogen and oxygen atoms in total. The minimum atomic E-state index is 0.585. The van der Waals surface area contributed by atoms with Crippen molar-refractivity contribution in [1.82, 2.24) is 0 Å². The van der Waals surface area contributed by atoms with Crippen molar-refractivity contribution in [2.75, 3.05) is 11.6 Å². The highest BCUT2D eigenvalue weighted by Crippen LogP contribution is 2.21. The van der Waals surface area contributed by atoms with Crippen LogP contribution < -0.4 is 5.01 Å². The number of anilines is 1. The van der Waals surface area contributed by atoms with E-state index in [9.17, 15) is 4.91 Å². The average molecular weight is 200 g/mol. The third kappa shape index (κ3) is 1.81. The second kappa shape index (κ2) is 4.09. The van der Waals surface area contributed by atoms with Crippen LogP contribution in [0.4, 0.5) is 5.69 Å². The number of fused-ring (bicyclic) bond motifs is 1. The van der Waals surface area contributed by atoms with E-state index in [-0.39, 0.29) is 0 Å². The van der Waals surface area contributed by atoms with E-state index in [1.54, 1.807) is 0 Å². The molecule has 0 bridgehead atoms. The molecule has 2 aromatic rings. The second-order valence-corrected chi connectivity index (χ2v) is 3.33. The summed E-state index contributed by atoms with van der Waals surface area (Å²) in [5.41, 5.74) is 0.839. The summed E-state index contributed by atoms with van der Waals surface area (Å²) in [5.74, 6) is 0. The number of hydrogen-bond donors (Lipinski definition) is 0. The lowest BCUT2D eigenvalue weighted by Gasteiger charge is -2.12. The van der Waals surface area contributed by atoms with E-state index in [0.29, 0.717) is 6.54 Å². The Bertz CT molecular complexity index is 482. The molecule has 15 heavy (non-hydrogen) atoms. The Kier molecular flexibility index (Phi) is 2.63. The van der Waals surface area contributed by atoms with Crippen LogP contribution in [-0.2, 0) is 0 Å². The van der Waals surface area contributed by atoms with Crippen LogP contribution in [0.15, 0.2) is 47.8 Å². The molecule has 2 rings (SSSR count). The van der Waals surface area contributed by atoms with Crippen molar-refractivity contribution >= 4 is 16.5 Å². The first kappa shape index (κ1) is 9.65. The molecule has 3 heteroatoms. The van der Waals surface area contributed by atoms with Crippen molar-refractivity contribution in [2.24, 2.45) is 5.29 Å². The highest BCUT2D eigenvalue weighted by atomic mass is 16.3. The van der Waals surface area contributed by atoms with Gasteiger partial charge in [-0.15, -0.1) is 4.91 Å². The molecule has 0 spiro atoms. The molecule has 0 heterocycles. The molecule has 0 saturated carbocycles. The van der Waals surface area contributed by atoms with Gasteiger partial charge in [-0.1, -0.05) is 30.3 Å². The molecular weight excluding hydrogens is 188 g/mol. The van der Waals surface area contributed by atoms with Gasteiger partial charge in [0.2, 0.25) is 0 Å². The summed E-state index contributed by atoms with van der Waals surface area (Å²) in [5, 5.41) is 6.70. The Balaban J connectivity index is 2.50. The number of nitrogens with zero attached hydrogens (tertiary/aromatic N) is 2. The number of benzene rings is 2. The summed E-state index contributed by atoms with van der Waals surface area (Å²) < 4.78 is 0. The zero-order valence-electron chi connectivity index (χ0n) is 8.55. The van der Waals surface area contributed by atoms with Gasteiger partial charge < -0.3 is 0 Å². The predicted octanol–water partition coefficient (Wildman–Crippen LogP) is 3.35. The minimum Gasteiger partial charge on any atom is -0.230 e. The van der Waals surface area contributed by atoms with E-state index in [2.05, 4.69) is 5.29 Å². The van der Waals surface area contributed by atoms with Gasteiger partial charge >= 0.3 is 0 Å². The molecular formula is C12H12N2O. The minimum absolute atomic E-state index is 0.585. The zero-order chi connectivity index (χ0) is 10.7. The van der Waals surface area contributed by atoms with Gasteiger partial charge in [-0.25, -0.2) is 5.01 Å². The number of hydrogen-bond acceptors (Lipinski definition) is 2. The van der Waals surface area contributed by atoms with Crippen LogP contribution in [0, 0.1) is 4.91 Å². The molecule has 0 aliphatic rings. The monoisotopic (exact) mass is 200 g/mol. The molecule has 0 aromatic heterocycles. The van der Waals surface area contributed by atoms with Crippen molar-refractivity contribution in [3.05, 3.63) is 47.4 Å². The summed E-state index contributed by atoms with van der Waals surface area (Å²) in [6.07, 6.45) is 0. The third-order valence-electron chi connectivity index (χ3n) is 2.43. The summed E-state index contributed by atoms with van der Waals surface area (Å²) in [4.78, 5) is 10.5. The molecule has 0 aliphatic heterocycles. The van der Waals surface area contributed by atoms with Crippen molar-refractivity contribution < 1.29 is 0 Å². The molecule has 0 radical (unpaired) electrons.